The highest BCUT2D eigenvalue weighted by Gasteiger charge is 2.26. The van der Waals surface area contributed by atoms with Crippen molar-refractivity contribution in [3.63, 3.8) is 0 Å². The van der Waals surface area contributed by atoms with E-state index in [0.717, 1.165) is 88.0 Å². The monoisotopic (exact) mass is 817 g/mol. The van der Waals surface area contributed by atoms with Crippen molar-refractivity contribution in [2.75, 3.05) is 0 Å². The molecule has 5 aromatic heterocycles. The summed E-state index contributed by atoms with van der Waals surface area (Å²) in [4.78, 5) is 16.4. The third kappa shape index (κ3) is 4.83. The van der Waals surface area contributed by atoms with Crippen LogP contribution in [-0.2, 0) is 0 Å². The van der Waals surface area contributed by atoms with Gasteiger partial charge in [0.2, 0.25) is 11.9 Å². The van der Waals surface area contributed by atoms with E-state index in [2.05, 4.69) is 212 Å². The molecule has 0 N–H and O–H groups in total. The van der Waals surface area contributed by atoms with Gasteiger partial charge in [-0.15, -0.1) is 0 Å². The number of fused-ring (bicyclic) bond motifs is 14. The first kappa shape index (κ1) is 34.9. The van der Waals surface area contributed by atoms with Crippen LogP contribution in [0.4, 0.5) is 0 Å². The van der Waals surface area contributed by atoms with Crippen molar-refractivity contribution < 1.29 is 0 Å². The fraction of sp³-hybridized carbons (Fsp3) is 0. The molecule has 14 rings (SSSR count). The molecule has 0 atom stereocenters. The van der Waals surface area contributed by atoms with Crippen LogP contribution in [0.25, 0.3) is 122 Å². The van der Waals surface area contributed by atoms with E-state index in [1.807, 2.05) is 18.2 Å². The molecule has 0 aliphatic heterocycles. The van der Waals surface area contributed by atoms with Crippen molar-refractivity contribution in [2.24, 2.45) is 0 Å². The maximum atomic E-state index is 5.60. The highest BCUT2D eigenvalue weighted by molar-refractivity contribution is 6.26. The first-order valence-electron chi connectivity index (χ1n) is 21.6. The zero-order valence-corrected chi connectivity index (χ0v) is 34.3. The molecule has 0 aliphatic rings. The Kier molecular flexibility index (Phi) is 7.27. The average Bonchev–Trinajstić information content (AvgIpc) is 4.10. The van der Waals surface area contributed by atoms with Gasteiger partial charge in [-0.25, -0.2) is 0 Å². The maximum Gasteiger partial charge on any atom is 0.240 e. The summed E-state index contributed by atoms with van der Waals surface area (Å²) in [5.74, 6) is 1.67. The quantitative estimate of drug-likeness (QED) is 0.174. The summed E-state index contributed by atoms with van der Waals surface area (Å²) >= 11 is 0. The predicted octanol–water partition coefficient (Wildman–Crippen LogP) is 13.9. The number of para-hydroxylation sites is 6. The standard InChI is InChI=1S/C57H35N7/c1-4-18-36(19-5-1)55-58-56(63-49-31-17-13-27-45(49)51-50(63)35-34-42-39-24-10-14-28-46(39)61(52(42)51)37-20-6-2-7-21-37)60-57(59-55)64-48-30-16-12-26-41(48)44-33-32-43-40-25-11-15-29-47(40)62(53(43)54(44)64)38-22-8-3-9-23-38/h1-35H. The highest BCUT2D eigenvalue weighted by Crippen LogP contribution is 2.44. The Hall–Kier alpha value is -8.81. The highest BCUT2D eigenvalue weighted by atomic mass is 15.3. The molecule has 0 spiro atoms. The van der Waals surface area contributed by atoms with Crippen LogP contribution >= 0.6 is 0 Å². The molecular formula is C57H35N7. The SMILES string of the molecule is c1ccc(-c2nc(-n3c4ccccc4c4c3ccc3c5ccccc5n(-c5ccccc5)c34)nc(-n3c4ccccc4c4ccc5c6ccccc6n(-c6ccccc6)c5c43)n2)cc1. The van der Waals surface area contributed by atoms with E-state index in [9.17, 15) is 0 Å². The van der Waals surface area contributed by atoms with E-state index in [4.69, 9.17) is 15.0 Å². The Balaban J connectivity index is 1.14. The number of rotatable bonds is 5. The minimum atomic E-state index is 0.540. The molecule has 0 radical (unpaired) electrons. The van der Waals surface area contributed by atoms with Gasteiger partial charge in [0.05, 0.1) is 44.1 Å². The second-order valence-electron chi connectivity index (χ2n) is 16.4. The van der Waals surface area contributed by atoms with Crippen molar-refractivity contribution in [3.8, 4) is 34.7 Å². The van der Waals surface area contributed by atoms with Gasteiger partial charge in [-0.3, -0.25) is 9.13 Å². The molecule has 298 valence electrons. The minimum Gasteiger partial charge on any atom is -0.309 e. The molecule has 0 fully saturated rings. The molecule has 7 nitrogen and oxygen atoms in total. The van der Waals surface area contributed by atoms with E-state index in [1.54, 1.807) is 0 Å². The molecule has 14 aromatic rings. The van der Waals surface area contributed by atoms with Crippen molar-refractivity contribution in [3.05, 3.63) is 212 Å². The number of nitrogens with zero attached hydrogens (tertiary/aromatic N) is 7. The largest absolute Gasteiger partial charge is 0.309 e. The van der Waals surface area contributed by atoms with Crippen LogP contribution in [0.2, 0.25) is 0 Å². The summed E-state index contributed by atoms with van der Waals surface area (Å²) in [7, 11) is 0. The Morgan fingerprint density at radius 3 is 1.20 bits per heavy atom. The molecule has 7 heteroatoms. The van der Waals surface area contributed by atoms with E-state index in [-0.39, 0.29) is 0 Å². The summed E-state index contributed by atoms with van der Waals surface area (Å²) in [5, 5.41) is 9.26. The van der Waals surface area contributed by atoms with Crippen molar-refractivity contribution in [1.29, 1.82) is 0 Å². The van der Waals surface area contributed by atoms with Crippen molar-refractivity contribution in [2.45, 2.75) is 0 Å². The zero-order chi connectivity index (χ0) is 41.9. The van der Waals surface area contributed by atoms with Gasteiger partial charge in [-0.05, 0) is 54.6 Å². The minimum absolute atomic E-state index is 0.540. The smallest absolute Gasteiger partial charge is 0.240 e. The lowest BCUT2D eigenvalue weighted by Gasteiger charge is -2.14. The number of benzene rings is 9. The Morgan fingerprint density at radius 2 is 0.641 bits per heavy atom. The maximum absolute atomic E-state index is 5.60. The number of hydrogen-bond donors (Lipinski definition) is 0. The molecule has 0 unspecified atom stereocenters. The molecular weight excluding hydrogens is 783 g/mol. The summed E-state index contributed by atoms with van der Waals surface area (Å²) < 4.78 is 9.31. The van der Waals surface area contributed by atoms with E-state index >= 15 is 0 Å². The molecule has 9 aromatic carbocycles. The topological polar surface area (TPSA) is 58.4 Å². The number of aromatic nitrogens is 7. The first-order valence-corrected chi connectivity index (χ1v) is 21.6. The van der Waals surface area contributed by atoms with Crippen LogP contribution in [0.15, 0.2) is 212 Å². The van der Waals surface area contributed by atoms with Crippen LogP contribution in [0, 0.1) is 0 Å². The second-order valence-corrected chi connectivity index (χ2v) is 16.4. The predicted molar refractivity (Wildman–Crippen MR) is 263 cm³/mol. The molecule has 0 aliphatic carbocycles. The van der Waals surface area contributed by atoms with Crippen LogP contribution in [0.3, 0.4) is 0 Å². The van der Waals surface area contributed by atoms with Crippen LogP contribution in [-0.4, -0.2) is 33.2 Å². The Labute approximate surface area is 366 Å². The van der Waals surface area contributed by atoms with Crippen molar-refractivity contribution >= 4 is 87.2 Å². The first-order chi connectivity index (χ1) is 31.8. The van der Waals surface area contributed by atoms with Gasteiger partial charge in [0.15, 0.2) is 5.82 Å². The number of hydrogen-bond acceptors (Lipinski definition) is 3. The second kappa shape index (κ2) is 13.3. The van der Waals surface area contributed by atoms with Gasteiger partial charge in [-0.2, -0.15) is 15.0 Å². The summed E-state index contributed by atoms with van der Waals surface area (Å²) in [5.41, 5.74) is 11.7. The normalized spacial score (nSPS) is 12.1. The lowest BCUT2D eigenvalue weighted by molar-refractivity contribution is 0.893. The Morgan fingerprint density at radius 1 is 0.250 bits per heavy atom. The van der Waals surface area contributed by atoms with Crippen LogP contribution in [0.1, 0.15) is 0 Å². The fourth-order valence-electron chi connectivity index (χ4n) is 10.4. The summed E-state index contributed by atoms with van der Waals surface area (Å²) in [6.45, 7) is 0. The van der Waals surface area contributed by atoms with Gasteiger partial charge in [0, 0.05) is 60.0 Å². The van der Waals surface area contributed by atoms with E-state index < -0.39 is 0 Å². The third-order valence-electron chi connectivity index (χ3n) is 13.0. The van der Waals surface area contributed by atoms with Gasteiger partial charge in [0.25, 0.3) is 0 Å². The van der Waals surface area contributed by atoms with Gasteiger partial charge >= 0.3 is 0 Å². The van der Waals surface area contributed by atoms with Gasteiger partial charge in [0.1, 0.15) is 0 Å². The molecule has 0 saturated heterocycles. The Bertz CT molecular complexity index is 4180. The summed E-state index contributed by atoms with van der Waals surface area (Å²) in [6, 6.07) is 75.3. The third-order valence-corrected chi connectivity index (χ3v) is 13.0. The van der Waals surface area contributed by atoms with E-state index in [1.165, 1.54) is 16.2 Å². The molecule has 0 amide bonds. The van der Waals surface area contributed by atoms with Gasteiger partial charge < -0.3 is 9.13 Å². The lowest BCUT2D eigenvalue weighted by atomic mass is 10.1. The molecule has 5 heterocycles. The van der Waals surface area contributed by atoms with Crippen LogP contribution < -0.4 is 0 Å². The van der Waals surface area contributed by atoms with E-state index in [0.29, 0.717) is 17.7 Å². The molecule has 0 saturated carbocycles. The lowest BCUT2D eigenvalue weighted by Crippen LogP contribution is -2.10. The van der Waals surface area contributed by atoms with Crippen LogP contribution in [0.5, 0.6) is 0 Å². The summed E-state index contributed by atoms with van der Waals surface area (Å²) in [6.07, 6.45) is 0. The fourth-order valence-corrected chi connectivity index (χ4v) is 10.4. The van der Waals surface area contributed by atoms with Gasteiger partial charge in [-0.1, -0.05) is 158 Å². The van der Waals surface area contributed by atoms with Crippen molar-refractivity contribution in [1.82, 2.24) is 33.2 Å². The molecule has 0 bridgehead atoms. The average molecular weight is 818 g/mol. The molecule has 64 heavy (non-hydrogen) atoms. The zero-order valence-electron chi connectivity index (χ0n) is 34.3.